The van der Waals surface area contributed by atoms with E-state index in [9.17, 15) is 4.79 Å². The van der Waals surface area contributed by atoms with Gasteiger partial charge in [-0.2, -0.15) is 5.26 Å². The van der Waals surface area contributed by atoms with Crippen molar-refractivity contribution >= 4 is 5.91 Å². The van der Waals surface area contributed by atoms with Crippen molar-refractivity contribution in [2.45, 2.75) is 25.8 Å². The summed E-state index contributed by atoms with van der Waals surface area (Å²) in [4.78, 5) is 14.1. The Morgan fingerprint density at radius 2 is 2.00 bits per heavy atom. The molecule has 1 saturated carbocycles. The Balaban J connectivity index is 1.81. The number of carbonyl (C=O) groups excluding carboxylic acids is 1. The molecule has 2 aliphatic rings. The van der Waals surface area contributed by atoms with Crippen LogP contribution < -0.4 is 0 Å². The summed E-state index contributed by atoms with van der Waals surface area (Å²) < 4.78 is 0. The van der Waals surface area contributed by atoms with Crippen LogP contribution in [0.3, 0.4) is 0 Å². The molecular weight excluding hydrogens is 212 g/mol. The first-order valence-electron chi connectivity index (χ1n) is 6.03. The van der Waals surface area contributed by atoms with Crippen molar-refractivity contribution in [1.29, 1.82) is 5.26 Å². The van der Waals surface area contributed by atoms with Crippen LogP contribution in [0.1, 0.15) is 24.0 Å². The van der Waals surface area contributed by atoms with Crippen molar-refractivity contribution in [3.05, 3.63) is 35.4 Å². The van der Waals surface area contributed by atoms with Gasteiger partial charge in [0.2, 0.25) is 5.91 Å². The lowest BCUT2D eigenvalue weighted by Crippen LogP contribution is -2.40. The number of nitrogens with zero attached hydrogens (tertiary/aromatic N) is 2. The third kappa shape index (κ3) is 1.61. The zero-order chi connectivity index (χ0) is 11.9. The molecule has 1 aromatic rings. The van der Waals surface area contributed by atoms with E-state index in [1.807, 2.05) is 17.0 Å². The molecule has 0 saturated heterocycles. The fourth-order valence-electron chi connectivity index (χ4n) is 2.47. The third-order valence-corrected chi connectivity index (χ3v) is 3.79. The Bertz CT molecular complexity index is 511. The van der Waals surface area contributed by atoms with Crippen LogP contribution in [-0.2, 0) is 17.8 Å². The summed E-state index contributed by atoms with van der Waals surface area (Å²) in [5, 5.41) is 9.06. The monoisotopic (exact) mass is 226 g/mol. The molecule has 0 N–H and O–H groups in total. The van der Waals surface area contributed by atoms with E-state index in [0.717, 1.165) is 25.8 Å². The molecule has 1 aromatic carbocycles. The van der Waals surface area contributed by atoms with Gasteiger partial charge in [-0.1, -0.05) is 24.3 Å². The molecule has 0 unspecified atom stereocenters. The predicted octanol–water partition coefficient (Wildman–Crippen LogP) is 1.88. The first-order valence-corrected chi connectivity index (χ1v) is 6.03. The first-order chi connectivity index (χ1) is 8.25. The molecule has 3 heteroatoms. The highest BCUT2D eigenvalue weighted by molar-refractivity contribution is 5.88. The van der Waals surface area contributed by atoms with Crippen LogP contribution in [-0.4, -0.2) is 17.4 Å². The highest BCUT2D eigenvalue weighted by Crippen LogP contribution is 2.47. The van der Waals surface area contributed by atoms with Crippen LogP contribution in [0.25, 0.3) is 0 Å². The molecule has 1 aliphatic heterocycles. The summed E-state index contributed by atoms with van der Waals surface area (Å²) in [6.07, 6.45) is 2.38. The van der Waals surface area contributed by atoms with E-state index in [2.05, 4.69) is 18.2 Å². The van der Waals surface area contributed by atoms with Gasteiger partial charge in [0.05, 0.1) is 6.07 Å². The number of carbonyl (C=O) groups is 1. The van der Waals surface area contributed by atoms with Gasteiger partial charge < -0.3 is 4.90 Å². The average molecular weight is 226 g/mol. The van der Waals surface area contributed by atoms with Gasteiger partial charge in [-0.15, -0.1) is 0 Å². The number of hydrogen-bond acceptors (Lipinski definition) is 2. The molecule has 0 bridgehead atoms. The Kier molecular flexibility index (Phi) is 2.19. The second-order valence-electron chi connectivity index (χ2n) is 4.94. The van der Waals surface area contributed by atoms with Crippen molar-refractivity contribution in [2.24, 2.45) is 5.41 Å². The summed E-state index contributed by atoms with van der Waals surface area (Å²) in [6.45, 7) is 1.41. The Morgan fingerprint density at radius 3 is 2.65 bits per heavy atom. The van der Waals surface area contributed by atoms with E-state index >= 15 is 0 Å². The summed E-state index contributed by atoms with van der Waals surface area (Å²) in [5.41, 5.74) is 1.88. The number of amides is 1. The number of nitriles is 1. The van der Waals surface area contributed by atoms with Crippen molar-refractivity contribution < 1.29 is 4.79 Å². The van der Waals surface area contributed by atoms with Gasteiger partial charge in [0.1, 0.15) is 5.41 Å². The van der Waals surface area contributed by atoms with Crippen LogP contribution in [0.4, 0.5) is 0 Å². The van der Waals surface area contributed by atoms with Crippen molar-refractivity contribution in [1.82, 2.24) is 4.90 Å². The fourth-order valence-corrected chi connectivity index (χ4v) is 2.47. The van der Waals surface area contributed by atoms with Crippen LogP contribution in [0.15, 0.2) is 24.3 Å². The SMILES string of the molecule is N#CC1(C(=O)N2CCc3ccccc3C2)CC1. The van der Waals surface area contributed by atoms with Crippen molar-refractivity contribution in [2.75, 3.05) is 6.54 Å². The normalized spacial score (nSPS) is 20.3. The van der Waals surface area contributed by atoms with Gasteiger partial charge in [-0.3, -0.25) is 4.79 Å². The molecule has 3 rings (SSSR count). The van der Waals surface area contributed by atoms with Gasteiger partial charge in [-0.05, 0) is 30.4 Å². The van der Waals surface area contributed by atoms with Gasteiger partial charge in [-0.25, -0.2) is 0 Å². The maximum atomic E-state index is 12.2. The molecule has 86 valence electrons. The van der Waals surface area contributed by atoms with Crippen LogP contribution in [0.5, 0.6) is 0 Å². The fraction of sp³-hybridized carbons (Fsp3) is 0.429. The molecular formula is C14H14N2O. The third-order valence-electron chi connectivity index (χ3n) is 3.79. The van der Waals surface area contributed by atoms with Gasteiger partial charge in [0.25, 0.3) is 0 Å². The minimum Gasteiger partial charge on any atom is -0.337 e. The topological polar surface area (TPSA) is 44.1 Å². The predicted molar refractivity (Wildman–Crippen MR) is 62.8 cm³/mol. The van der Waals surface area contributed by atoms with E-state index in [-0.39, 0.29) is 5.91 Å². The summed E-state index contributed by atoms with van der Waals surface area (Å²) >= 11 is 0. The lowest BCUT2D eigenvalue weighted by Gasteiger charge is -2.30. The molecule has 1 fully saturated rings. The molecule has 1 heterocycles. The van der Waals surface area contributed by atoms with Crippen molar-refractivity contribution in [3.8, 4) is 6.07 Å². The summed E-state index contributed by atoms with van der Waals surface area (Å²) in [5.74, 6) is 0.0366. The lowest BCUT2D eigenvalue weighted by atomic mass is 9.98. The van der Waals surface area contributed by atoms with Crippen LogP contribution in [0, 0.1) is 16.7 Å². The lowest BCUT2D eigenvalue weighted by molar-refractivity contribution is -0.135. The standard InChI is InChI=1S/C14H14N2O/c15-10-14(6-7-14)13(17)16-8-5-11-3-1-2-4-12(11)9-16/h1-4H,5-9H2. The second kappa shape index (κ2) is 3.59. The quantitative estimate of drug-likeness (QED) is 0.733. The maximum absolute atomic E-state index is 12.2. The number of rotatable bonds is 1. The summed E-state index contributed by atoms with van der Waals surface area (Å²) in [6, 6.07) is 10.4. The smallest absolute Gasteiger partial charge is 0.243 e. The largest absolute Gasteiger partial charge is 0.337 e. The van der Waals surface area contributed by atoms with Gasteiger partial charge in [0, 0.05) is 13.1 Å². The first kappa shape index (κ1) is 10.3. The maximum Gasteiger partial charge on any atom is 0.243 e. The zero-order valence-corrected chi connectivity index (χ0v) is 9.65. The minimum atomic E-state index is -0.674. The molecule has 1 aliphatic carbocycles. The van der Waals surface area contributed by atoms with E-state index in [0.29, 0.717) is 6.54 Å². The minimum absolute atomic E-state index is 0.0366. The number of hydrogen-bond donors (Lipinski definition) is 0. The van der Waals surface area contributed by atoms with Gasteiger partial charge in [0.15, 0.2) is 0 Å². The molecule has 0 aromatic heterocycles. The van der Waals surface area contributed by atoms with Crippen molar-refractivity contribution in [3.63, 3.8) is 0 Å². The second-order valence-corrected chi connectivity index (χ2v) is 4.94. The number of benzene rings is 1. The zero-order valence-electron chi connectivity index (χ0n) is 9.65. The number of fused-ring (bicyclic) bond motifs is 1. The molecule has 17 heavy (non-hydrogen) atoms. The van der Waals surface area contributed by atoms with E-state index in [1.54, 1.807) is 0 Å². The Morgan fingerprint density at radius 1 is 1.29 bits per heavy atom. The Hall–Kier alpha value is -1.82. The molecule has 0 radical (unpaired) electrons. The summed E-state index contributed by atoms with van der Waals surface area (Å²) in [7, 11) is 0. The molecule has 3 nitrogen and oxygen atoms in total. The average Bonchev–Trinajstić information content (AvgIpc) is 3.18. The highest BCUT2D eigenvalue weighted by atomic mass is 16.2. The van der Waals surface area contributed by atoms with Crippen LogP contribution >= 0.6 is 0 Å². The Labute approximate surface area is 101 Å². The van der Waals surface area contributed by atoms with E-state index < -0.39 is 5.41 Å². The van der Waals surface area contributed by atoms with Gasteiger partial charge >= 0.3 is 0 Å². The molecule has 0 spiro atoms. The molecule has 0 atom stereocenters. The van der Waals surface area contributed by atoms with E-state index in [1.165, 1.54) is 11.1 Å². The highest BCUT2D eigenvalue weighted by Gasteiger charge is 2.52. The molecule has 1 amide bonds. The van der Waals surface area contributed by atoms with E-state index in [4.69, 9.17) is 5.26 Å². The van der Waals surface area contributed by atoms with Crippen LogP contribution in [0.2, 0.25) is 0 Å².